The van der Waals surface area contributed by atoms with Crippen molar-refractivity contribution in [3.05, 3.63) is 33.9 Å². The molecule has 0 spiro atoms. The summed E-state index contributed by atoms with van der Waals surface area (Å²) in [5.74, 6) is -1.15. The van der Waals surface area contributed by atoms with Crippen molar-refractivity contribution in [2.24, 2.45) is 0 Å². The fraction of sp³-hybridized carbons (Fsp3) is 0.455. The lowest BCUT2D eigenvalue weighted by Gasteiger charge is -2.32. The van der Waals surface area contributed by atoms with E-state index in [1.165, 1.54) is 0 Å². The Hall–Kier alpha value is -2.17. The van der Waals surface area contributed by atoms with Gasteiger partial charge in [0.1, 0.15) is 11.5 Å². The fourth-order valence-electron chi connectivity index (χ4n) is 1.71. The Morgan fingerprint density at radius 2 is 1.68 bits per heavy atom. The summed E-state index contributed by atoms with van der Waals surface area (Å²) in [5, 5.41) is 20.0. The zero-order chi connectivity index (χ0) is 17.3. The molecule has 0 saturated carbocycles. The molecule has 0 aromatic heterocycles. The molecular weight excluding hydrogens is 321 g/mol. The third-order valence-electron chi connectivity index (χ3n) is 2.87. The van der Waals surface area contributed by atoms with Crippen molar-refractivity contribution in [1.82, 2.24) is 0 Å². The summed E-state index contributed by atoms with van der Waals surface area (Å²) in [4.78, 5) is 7.85. The maximum absolute atomic E-state index is 13.6. The number of ether oxygens (including phenoxy) is 2. The number of nitro groups is 1. The minimum Gasteiger partial charge on any atom is -0.497 e. The molecule has 0 aliphatic rings. The fourth-order valence-corrected chi connectivity index (χ4v) is 1.71. The standard InChI is InChI=1S/C11H10F5NO5/c1-21-6-3-4-8(22-2)7(5-6)9(18,10(12,13)14)11(15,16)17(19)20/h3-5,18H,1-2H3. The van der Waals surface area contributed by atoms with Crippen molar-refractivity contribution < 1.29 is 41.5 Å². The van der Waals surface area contributed by atoms with E-state index >= 15 is 0 Å². The van der Waals surface area contributed by atoms with Crippen LogP contribution in [0.4, 0.5) is 22.0 Å². The highest BCUT2D eigenvalue weighted by molar-refractivity contribution is 5.45. The monoisotopic (exact) mass is 331 g/mol. The first-order valence-electron chi connectivity index (χ1n) is 5.47. The van der Waals surface area contributed by atoms with Crippen LogP contribution in [0.15, 0.2) is 18.2 Å². The van der Waals surface area contributed by atoms with Crippen molar-refractivity contribution in [2.75, 3.05) is 14.2 Å². The molecule has 0 bridgehead atoms. The zero-order valence-corrected chi connectivity index (χ0v) is 11.1. The molecule has 0 heterocycles. The van der Waals surface area contributed by atoms with Crippen molar-refractivity contribution in [3.63, 3.8) is 0 Å². The number of rotatable bonds is 5. The Bertz CT molecular complexity index is 576. The average Bonchev–Trinajstić information content (AvgIpc) is 2.43. The minimum absolute atomic E-state index is 0.336. The van der Waals surface area contributed by atoms with E-state index in [4.69, 9.17) is 0 Å². The van der Waals surface area contributed by atoms with Crippen molar-refractivity contribution in [2.45, 2.75) is 17.8 Å². The molecule has 0 amide bonds. The number of nitrogens with zero attached hydrogens (tertiary/aromatic N) is 1. The second-order valence-corrected chi connectivity index (χ2v) is 4.07. The number of halogens is 5. The van der Waals surface area contributed by atoms with Crippen LogP contribution in [0.25, 0.3) is 0 Å². The predicted molar refractivity (Wildman–Crippen MR) is 61.4 cm³/mol. The van der Waals surface area contributed by atoms with Gasteiger partial charge in [-0.2, -0.15) is 13.2 Å². The summed E-state index contributed by atoms with van der Waals surface area (Å²) in [6, 6.07) is -3.49. The average molecular weight is 331 g/mol. The molecule has 1 aromatic rings. The first kappa shape index (κ1) is 17.9. The largest absolute Gasteiger partial charge is 0.553 e. The van der Waals surface area contributed by atoms with Crippen LogP contribution < -0.4 is 9.47 Å². The van der Waals surface area contributed by atoms with Crippen molar-refractivity contribution >= 4 is 0 Å². The second-order valence-electron chi connectivity index (χ2n) is 4.07. The van der Waals surface area contributed by atoms with Gasteiger partial charge >= 0.3 is 17.8 Å². The minimum atomic E-state index is -6.07. The Morgan fingerprint density at radius 3 is 2.05 bits per heavy atom. The third-order valence-corrected chi connectivity index (χ3v) is 2.87. The number of aliphatic hydroxyl groups is 1. The van der Waals surface area contributed by atoms with Crippen LogP contribution in [-0.2, 0) is 5.60 Å². The lowest BCUT2D eigenvalue weighted by Crippen LogP contribution is -2.59. The molecule has 6 nitrogen and oxygen atoms in total. The molecule has 1 unspecified atom stereocenters. The van der Waals surface area contributed by atoms with Gasteiger partial charge in [-0.05, 0) is 18.2 Å². The highest BCUT2D eigenvalue weighted by Gasteiger charge is 2.79. The van der Waals surface area contributed by atoms with Crippen LogP contribution in [-0.4, -0.2) is 36.5 Å². The van der Waals surface area contributed by atoms with Crippen LogP contribution in [0.3, 0.4) is 0 Å². The van der Waals surface area contributed by atoms with Gasteiger partial charge in [-0.1, -0.05) is 0 Å². The van der Waals surface area contributed by atoms with Gasteiger partial charge in [-0.15, -0.1) is 8.78 Å². The predicted octanol–water partition coefficient (Wildman–Crippen LogP) is 2.32. The van der Waals surface area contributed by atoms with E-state index in [9.17, 15) is 37.2 Å². The molecule has 0 aliphatic heterocycles. The van der Waals surface area contributed by atoms with Gasteiger partial charge < -0.3 is 14.6 Å². The van der Waals surface area contributed by atoms with E-state index in [1.54, 1.807) is 0 Å². The highest BCUT2D eigenvalue weighted by Crippen LogP contribution is 2.52. The lowest BCUT2D eigenvalue weighted by atomic mass is 9.89. The highest BCUT2D eigenvalue weighted by atomic mass is 19.4. The molecular formula is C11H10F5NO5. The van der Waals surface area contributed by atoms with Crippen molar-refractivity contribution in [1.29, 1.82) is 0 Å². The van der Waals surface area contributed by atoms with E-state index in [0.717, 1.165) is 26.4 Å². The molecule has 1 aromatic carbocycles. The van der Waals surface area contributed by atoms with Gasteiger partial charge in [-0.3, -0.25) is 10.1 Å². The number of methoxy groups -OCH3 is 2. The first-order valence-corrected chi connectivity index (χ1v) is 5.47. The molecule has 11 heteroatoms. The summed E-state index contributed by atoms with van der Waals surface area (Å²) < 4.78 is 75.4. The van der Waals surface area contributed by atoms with E-state index in [2.05, 4.69) is 9.47 Å². The van der Waals surface area contributed by atoms with Crippen LogP contribution >= 0.6 is 0 Å². The topological polar surface area (TPSA) is 81.8 Å². The molecule has 0 radical (unpaired) electrons. The number of hydrogen-bond acceptors (Lipinski definition) is 5. The Morgan fingerprint density at radius 1 is 1.14 bits per heavy atom. The second kappa shape index (κ2) is 5.55. The van der Waals surface area contributed by atoms with E-state index in [-0.39, 0.29) is 5.75 Å². The summed E-state index contributed by atoms with van der Waals surface area (Å²) in [6.07, 6.45) is -6.07. The molecule has 22 heavy (non-hydrogen) atoms. The van der Waals surface area contributed by atoms with Gasteiger partial charge in [0.2, 0.25) is 0 Å². The molecule has 124 valence electrons. The molecule has 1 atom stereocenters. The normalized spacial score (nSPS) is 15.1. The van der Waals surface area contributed by atoms with Gasteiger partial charge in [0.25, 0.3) is 0 Å². The maximum Gasteiger partial charge on any atom is 0.553 e. The van der Waals surface area contributed by atoms with Crippen LogP contribution in [0.5, 0.6) is 11.5 Å². The van der Waals surface area contributed by atoms with Crippen molar-refractivity contribution in [3.8, 4) is 11.5 Å². The Balaban J connectivity index is 3.78. The van der Waals surface area contributed by atoms with Gasteiger partial charge in [0, 0.05) is 0 Å². The molecule has 1 N–H and O–H groups in total. The summed E-state index contributed by atoms with van der Waals surface area (Å²) in [6.45, 7) is 0. The van der Waals surface area contributed by atoms with Crippen LogP contribution in [0.1, 0.15) is 5.56 Å². The van der Waals surface area contributed by atoms with Crippen LogP contribution in [0.2, 0.25) is 0 Å². The summed E-state index contributed by atoms with van der Waals surface area (Å²) >= 11 is 0. The third kappa shape index (κ3) is 2.51. The Labute approximate surface area is 120 Å². The lowest BCUT2D eigenvalue weighted by molar-refractivity contribution is -0.685. The quantitative estimate of drug-likeness (QED) is 0.388. The summed E-state index contributed by atoms with van der Waals surface area (Å²) in [5.41, 5.74) is -6.65. The van der Waals surface area contributed by atoms with Gasteiger partial charge in [-0.25, -0.2) is 0 Å². The zero-order valence-electron chi connectivity index (χ0n) is 11.1. The van der Waals surface area contributed by atoms with E-state index in [1.807, 2.05) is 0 Å². The van der Waals surface area contributed by atoms with Gasteiger partial charge in [0.15, 0.2) is 0 Å². The molecule has 0 saturated heterocycles. The first-order chi connectivity index (χ1) is 9.93. The van der Waals surface area contributed by atoms with E-state index in [0.29, 0.717) is 6.07 Å². The molecule has 1 rings (SSSR count). The number of benzene rings is 1. The van der Waals surface area contributed by atoms with Gasteiger partial charge in [0.05, 0.1) is 24.7 Å². The smallest absolute Gasteiger partial charge is 0.497 e. The van der Waals surface area contributed by atoms with E-state index < -0.39 is 34.1 Å². The molecule has 0 aliphatic carbocycles. The maximum atomic E-state index is 13.6. The summed E-state index contributed by atoms with van der Waals surface area (Å²) in [7, 11) is 1.89. The van der Waals surface area contributed by atoms with Crippen LogP contribution in [0, 0.1) is 10.1 Å². The number of alkyl halides is 5. The SMILES string of the molecule is COc1ccc(OC)c(C(O)(C(F)(F)F)C(F)(F)[N+](=O)[O-])c1. The molecule has 0 fully saturated rings. The Kier molecular flexibility index (Phi) is 4.51. The number of hydrogen-bond donors (Lipinski definition) is 1.